The molecule has 250 valence electrons. The van der Waals surface area contributed by atoms with Gasteiger partial charge in [0.2, 0.25) is 0 Å². The topological polar surface area (TPSA) is 43.9 Å². The van der Waals surface area contributed by atoms with Gasteiger partial charge in [-0.3, -0.25) is 0 Å². The highest BCUT2D eigenvalue weighted by molar-refractivity contribution is 6.29. The van der Waals surface area contributed by atoms with Crippen molar-refractivity contribution in [3.05, 3.63) is 176 Å². The molecule has 0 fully saturated rings. The van der Waals surface area contributed by atoms with Crippen molar-refractivity contribution in [3.8, 4) is 28.3 Å². The van der Waals surface area contributed by atoms with Crippen LogP contribution in [0.15, 0.2) is 180 Å². The van der Waals surface area contributed by atoms with E-state index in [0.29, 0.717) is 5.82 Å². The molecule has 4 nitrogen and oxygen atoms in total. The summed E-state index contributed by atoms with van der Waals surface area (Å²) in [4.78, 5) is 10.1. The van der Waals surface area contributed by atoms with Crippen LogP contribution in [0, 0.1) is 0 Å². The summed E-state index contributed by atoms with van der Waals surface area (Å²) in [6.45, 7) is 0. The first-order valence-corrected chi connectivity index (χ1v) is 18.3. The van der Waals surface area contributed by atoms with Crippen LogP contribution in [0.5, 0.6) is 0 Å². The Morgan fingerprint density at radius 3 is 1.96 bits per heavy atom. The Balaban J connectivity index is 1.04. The summed E-state index contributed by atoms with van der Waals surface area (Å²) in [5, 5.41) is 13.3. The molecule has 4 heteroatoms. The Morgan fingerprint density at radius 2 is 1.06 bits per heavy atom. The molecule has 3 aromatic heterocycles. The smallest absolute Gasteiger partial charge is 0.160 e. The van der Waals surface area contributed by atoms with Gasteiger partial charge in [-0.2, -0.15) is 0 Å². The van der Waals surface area contributed by atoms with Crippen molar-refractivity contribution in [2.75, 3.05) is 0 Å². The minimum absolute atomic E-state index is 0.675. The lowest BCUT2D eigenvalue weighted by Crippen LogP contribution is -1.95. The van der Waals surface area contributed by atoms with Gasteiger partial charge in [-0.15, -0.1) is 0 Å². The molecule has 0 aliphatic heterocycles. The van der Waals surface area contributed by atoms with E-state index in [9.17, 15) is 0 Å². The molecule has 0 saturated heterocycles. The molecule has 0 N–H and O–H groups in total. The second-order valence-corrected chi connectivity index (χ2v) is 14.1. The molecule has 12 rings (SSSR count). The fourth-order valence-electron chi connectivity index (χ4n) is 8.72. The molecule has 0 saturated carbocycles. The summed E-state index contributed by atoms with van der Waals surface area (Å²) < 4.78 is 9.05. The highest BCUT2D eigenvalue weighted by Gasteiger charge is 2.19. The minimum atomic E-state index is 0.675. The lowest BCUT2D eigenvalue weighted by Gasteiger charge is -2.11. The quantitative estimate of drug-likeness (QED) is 0.174. The average Bonchev–Trinajstić information content (AvgIpc) is 3.78. The van der Waals surface area contributed by atoms with Crippen molar-refractivity contribution in [2.24, 2.45) is 0 Å². The fraction of sp³-hybridized carbons (Fsp3) is 0. The largest absolute Gasteiger partial charge is 0.456 e. The monoisotopic (exact) mass is 687 g/mol. The van der Waals surface area contributed by atoms with Crippen LogP contribution in [-0.4, -0.2) is 14.5 Å². The third-order valence-corrected chi connectivity index (χ3v) is 11.2. The first kappa shape index (κ1) is 29.3. The Bertz CT molecular complexity index is 3500. The maximum absolute atomic E-state index is 6.67. The van der Waals surface area contributed by atoms with Gasteiger partial charge in [0.25, 0.3) is 0 Å². The molecule has 0 aliphatic rings. The molecule has 0 aliphatic carbocycles. The number of fused-ring (bicyclic) bond motifs is 13. The molecular formula is C50H29N3O. The number of nitrogens with zero attached hydrogens (tertiary/aromatic N) is 3. The Kier molecular flexibility index (Phi) is 6.02. The number of rotatable bonds is 3. The van der Waals surface area contributed by atoms with E-state index in [-0.39, 0.29) is 0 Å². The maximum Gasteiger partial charge on any atom is 0.160 e. The molecule has 0 atom stereocenters. The van der Waals surface area contributed by atoms with E-state index in [1.165, 1.54) is 54.1 Å². The van der Waals surface area contributed by atoms with E-state index >= 15 is 0 Å². The third-order valence-electron chi connectivity index (χ3n) is 11.2. The second-order valence-electron chi connectivity index (χ2n) is 14.1. The number of hydrogen-bond acceptors (Lipinski definition) is 3. The predicted molar refractivity (Wildman–Crippen MR) is 225 cm³/mol. The van der Waals surface area contributed by atoms with Crippen molar-refractivity contribution in [1.29, 1.82) is 0 Å². The van der Waals surface area contributed by atoms with Crippen molar-refractivity contribution in [3.63, 3.8) is 0 Å². The van der Waals surface area contributed by atoms with Crippen LogP contribution in [0.4, 0.5) is 0 Å². The van der Waals surface area contributed by atoms with Gasteiger partial charge in [-0.1, -0.05) is 127 Å². The van der Waals surface area contributed by atoms with E-state index in [4.69, 9.17) is 14.4 Å². The molecular weight excluding hydrogens is 659 g/mol. The van der Waals surface area contributed by atoms with E-state index in [1.54, 1.807) is 0 Å². The van der Waals surface area contributed by atoms with E-state index in [2.05, 4.69) is 150 Å². The molecule has 54 heavy (non-hydrogen) atoms. The summed E-state index contributed by atoms with van der Waals surface area (Å²) in [6, 6.07) is 62.5. The zero-order valence-corrected chi connectivity index (χ0v) is 29.0. The van der Waals surface area contributed by atoms with Crippen molar-refractivity contribution >= 4 is 87.0 Å². The van der Waals surface area contributed by atoms with Gasteiger partial charge in [0.1, 0.15) is 11.2 Å². The van der Waals surface area contributed by atoms with Crippen LogP contribution in [0.2, 0.25) is 0 Å². The Hall–Kier alpha value is -7.30. The summed E-state index contributed by atoms with van der Waals surface area (Å²) in [5.41, 5.74) is 8.86. The zero-order valence-electron chi connectivity index (χ0n) is 29.0. The van der Waals surface area contributed by atoms with Crippen LogP contribution >= 0.6 is 0 Å². The normalized spacial score (nSPS) is 12.1. The Morgan fingerprint density at radius 1 is 0.389 bits per heavy atom. The summed E-state index contributed by atoms with van der Waals surface area (Å²) in [7, 11) is 0. The highest BCUT2D eigenvalue weighted by atomic mass is 16.3. The highest BCUT2D eigenvalue weighted by Crippen LogP contribution is 2.42. The molecule has 0 spiro atoms. The molecule has 3 heterocycles. The Labute approximate surface area is 309 Å². The van der Waals surface area contributed by atoms with Crippen LogP contribution in [0.25, 0.3) is 115 Å². The summed E-state index contributed by atoms with van der Waals surface area (Å²) in [5.74, 6) is 0.675. The first-order chi connectivity index (χ1) is 26.8. The molecule has 9 aromatic carbocycles. The van der Waals surface area contributed by atoms with E-state index in [0.717, 1.165) is 55.3 Å². The third kappa shape index (κ3) is 4.19. The van der Waals surface area contributed by atoms with Crippen molar-refractivity contribution in [2.45, 2.75) is 0 Å². The first-order valence-electron chi connectivity index (χ1n) is 18.3. The zero-order chi connectivity index (χ0) is 35.3. The van der Waals surface area contributed by atoms with Crippen LogP contribution in [-0.2, 0) is 0 Å². The summed E-state index contributed by atoms with van der Waals surface area (Å²) >= 11 is 0. The van der Waals surface area contributed by atoms with E-state index < -0.39 is 0 Å². The maximum atomic E-state index is 6.67. The van der Waals surface area contributed by atoms with Crippen LogP contribution in [0.1, 0.15) is 0 Å². The molecule has 0 unspecified atom stereocenters. The van der Waals surface area contributed by atoms with Crippen molar-refractivity contribution < 1.29 is 4.42 Å². The van der Waals surface area contributed by atoms with Crippen LogP contribution < -0.4 is 0 Å². The van der Waals surface area contributed by atoms with Gasteiger partial charge < -0.3 is 8.98 Å². The minimum Gasteiger partial charge on any atom is -0.456 e. The molecule has 12 aromatic rings. The molecule has 0 radical (unpaired) electrons. The van der Waals surface area contributed by atoms with Gasteiger partial charge in [0.05, 0.1) is 22.2 Å². The van der Waals surface area contributed by atoms with Gasteiger partial charge >= 0.3 is 0 Å². The predicted octanol–water partition coefficient (Wildman–Crippen LogP) is 13.4. The van der Waals surface area contributed by atoms with Gasteiger partial charge in [0.15, 0.2) is 5.82 Å². The van der Waals surface area contributed by atoms with Crippen LogP contribution in [0.3, 0.4) is 0 Å². The average molecular weight is 688 g/mol. The molecule has 0 amide bonds. The molecule has 0 bridgehead atoms. The van der Waals surface area contributed by atoms with Crippen molar-refractivity contribution in [1.82, 2.24) is 14.5 Å². The number of furan rings is 1. The lowest BCUT2D eigenvalue weighted by atomic mass is 9.94. The number of benzene rings is 9. The number of aromatic nitrogens is 3. The standard InChI is InChI=1S/C50H29N3O/c1-2-11-32(12-3-1)49-40-14-6-8-16-42(40)51-50(52-49)33-21-23-36-37-25-22-34(29-46(37)54-45(36)28-33)53-43-17-9-7-15-41(43)48-39-24-20-31-19-18-30-10-4-5-13-35(30)47(31)38(39)26-27-44(48)53/h1-29H. The second kappa shape index (κ2) is 11.1. The number of hydrogen-bond donors (Lipinski definition) is 0. The summed E-state index contributed by atoms with van der Waals surface area (Å²) in [6.07, 6.45) is 0. The van der Waals surface area contributed by atoms with Gasteiger partial charge in [0, 0.05) is 49.8 Å². The SMILES string of the molecule is c1ccc(-c2nc(-c3ccc4c(c3)oc3cc(-n5c6ccccc6c6c7ccc8ccc9ccccc9c8c7ccc65)ccc34)nc3ccccc23)cc1. The number of para-hydroxylation sites is 2. The van der Waals surface area contributed by atoms with Gasteiger partial charge in [-0.25, -0.2) is 9.97 Å². The lowest BCUT2D eigenvalue weighted by molar-refractivity contribution is 0.669. The van der Waals surface area contributed by atoms with E-state index in [1.807, 2.05) is 30.3 Å². The van der Waals surface area contributed by atoms with Gasteiger partial charge in [-0.05, 0) is 74.8 Å². The fourth-order valence-corrected chi connectivity index (χ4v) is 8.72.